The van der Waals surface area contributed by atoms with Crippen LogP contribution >= 0.6 is 0 Å². The van der Waals surface area contributed by atoms with Crippen LogP contribution in [-0.2, 0) is 30.4 Å². The Morgan fingerprint density at radius 1 is 0.741 bits per heavy atom. The number of esters is 1. The van der Waals surface area contributed by atoms with Crippen LogP contribution in [0.3, 0.4) is 0 Å². The molecular formula is C24H23FO2. The van der Waals surface area contributed by atoms with Crippen LogP contribution in [-0.4, -0.2) is 13.1 Å². The van der Waals surface area contributed by atoms with Crippen molar-refractivity contribution in [2.75, 3.05) is 7.11 Å². The average molecular weight is 362 g/mol. The summed E-state index contributed by atoms with van der Waals surface area (Å²) in [5.41, 5.74) is 5.56. The number of hydrogen-bond acceptors (Lipinski definition) is 2. The lowest BCUT2D eigenvalue weighted by Crippen LogP contribution is -2.02. The fourth-order valence-corrected chi connectivity index (χ4v) is 3.18. The summed E-state index contributed by atoms with van der Waals surface area (Å²) < 4.78 is 17.8. The number of carbonyl (C=O) groups excluding carboxylic acids is 1. The van der Waals surface area contributed by atoms with Crippen molar-refractivity contribution in [1.29, 1.82) is 0 Å². The summed E-state index contributed by atoms with van der Waals surface area (Å²) in [6.07, 6.45) is 3.68. The summed E-state index contributed by atoms with van der Waals surface area (Å²) in [5, 5.41) is 0. The highest BCUT2D eigenvalue weighted by molar-refractivity contribution is 5.89. The molecule has 3 heteroatoms. The number of carbonyl (C=O) groups is 1. The molecule has 0 saturated carbocycles. The van der Waals surface area contributed by atoms with E-state index >= 15 is 0 Å². The normalized spacial score (nSPS) is 10.6. The third kappa shape index (κ3) is 5.27. The van der Waals surface area contributed by atoms with Gasteiger partial charge in [0.25, 0.3) is 0 Å². The van der Waals surface area contributed by atoms with E-state index in [1.807, 2.05) is 36.4 Å². The first kappa shape index (κ1) is 18.8. The van der Waals surface area contributed by atoms with Crippen molar-refractivity contribution >= 4 is 5.97 Å². The first-order chi connectivity index (χ1) is 13.2. The van der Waals surface area contributed by atoms with Crippen molar-refractivity contribution in [3.05, 3.63) is 106 Å². The Morgan fingerprint density at radius 2 is 1.22 bits per heavy atom. The Bertz CT molecular complexity index is 883. The minimum absolute atomic E-state index is 0.197. The van der Waals surface area contributed by atoms with Gasteiger partial charge in [0, 0.05) is 0 Å². The lowest BCUT2D eigenvalue weighted by molar-refractivity contribution is 0.0600. The van der Waals surface area contributed by atoms with Gasteiger partial charge >= 0.3 is 5.97 Å². The molecule has 0 unspecified atom stereocenters. The topological polar surface area (TPSA) is 26.3 Å². The SMILES string of the molecule is COC(=O)c1ccc(CCc2ccccc2CCc2ccc(F)cc2)cc1. The van der Waals surface area contributed by atoms with Crippen molar-refractivity contribution in [2.24, 2.45) is 0 Å². The Morgan fingerprint density at radius 3 is 1.70 bits per heavy atom. The number of rotatable bonds is 7. The van der Waals surface area contributed by atoms with Gasteiger partial charge in [0.05, 0.1) is 12.7 Å². The van der Waals surface area contributed by atoms with Crippen LogP contribution < -0.4 is 0 Å². The quantitative estimate of drug-likeness (QED) is 0.541. The molecule has 0 aliphatic carbocycles. The first-order valence-corrected chi connectivity index (χ1v) is 9.14. The molecule has 0 heterocycles. The van der Waals surface area contributed by atoms with Gasteiger partial charge in [-0.15, -0.1) is 0 Å². The van der Waals surface area contributed by atoms with E-state index in [0.717, 1.165) is 31.2 Å². The highest BCUT2D eigenvalue weighted by Gasteiger charge is 2.06. The Kier molecular flexibility index (Phi) is 6.37. The molecule has 27 heavy (non-hydrogen) atoms. The second-order valence-corrected chi connectivity index (χ2v) is 6.58. The summed E-state index contributed by atoms with van der Waals surface area (Å²) in [6.45, 7) is 0. The van der Waals surface area contributed by atoms with Crippen LogP contribution in [0, 0.1) is 5.82 Å². The van der Waals surface area contributed by atoms with Crippen LogP contribution in [0.5, 0.6) is 0 Å². The molecule has 2 nitrogen and oxygen atoms in total. The molecule has 3 aromatic carbocycles. The van der Waals surface area contributed by atoms with Crippen LogP contribution in [0.4, 0.5) is 4.39 Å². The highest BCUT2D eigenvalue weighted by atomic mass is 19.1. The molecule has 0 radical (unpaired) electrons. The fourth-order valence-electron chi connectivity index (χ4n) is 3.18. The number of ether oxygens (including phenoxy) is 1. The minimum Gasteiger partial charge on any atom is -0.465 e. The smallest absolute Gasteiger partial charge is 0.337 e. The van der Waals surface area contributed by atoms with Gasteiger partial charge < -0.3 is 4.74 Å². The van der Waals surface area contributed by atoms with Crippen molar-refractivity contribution in [3.63, 3.8) is 0 Å². The van der Waals surface area contributed by atoms with Crippen LogP contribution in [0.15, 0.2) is 72.8 Å². The standard InChI is InChI=1S/C24H23FO2/c1-27-24(26)22-14-8-18(9-15-22)6-12-20-4-2-3-5-21(20)13-7-19-10-16-23(25)17-11-19/h2-5,8-11,14-17H,6-7,12-13H2,1H3. The zero-order chi connectivity index (χ0) is 19.1. The van der Waals surface area contributed by atoms with Gasteiger partial charge in [0.15, 0.2) is 0 Å². The van der Waals surface area contributed by atoms with Crippen LogP contribution in [0.1, 0.15) is 32.6 Å². The van der Waals surface area contributed by atoms with Gasteiger partial charge in [0.2, 0.25) is 0 Å². The Hall–Kier alpha value is -2.94. The largest absolute Gasteiger partial charge is 0.465 e. The monoisotopic (exact) mass is 362 g/mol. The molecule has 0 aromatic heterocycles. The third-order valence-electron chi connectivity index (χ3n) is 4.77. The lowest BCUT2D eigenvalue weighted by atomic mass is 9.95. The zero-order valence-corrected chi connectivity index (χ0v) is 15.5. The molecule has 0 bridgehead atoms. The maximum Gasteiger partial charge on any atom is 0.337 e. The molecule has 0 amide bonds. The first-order valence-electron chi connectivity index (χ1n) is 9.14. The van der Waals surface area contributed by atoms with Gasteiger partial charge in [-0.25, -0.2) is 9.18 Å². The van der Waals surface area contributed by atoms with Gasteiger partial charge in [0.1, 0.15) is 5.82 Å². The Balaban J connectivity index is 1.62. The second-order valence-electron chi connectivity index (χ2n) is 6.58. The van der Waals surface area contributed by atoms with Gasteiger partial charge in [-0.3, -0.25) is 0 Å². The lowest BCUT2D eigenvalue weighted by Gasteiger charge is -2.10. The molecule has 3 aromatic rings. The van der Waals surface area contributed by atoms with E-state index in [9.17, 15) is 9.18 Å². The average Bonchev–Trinajstić information content (AvgIpc) is 2.72. The van der Waals surface area contributed by atoms with Crippen molar-refractivity contribution in [2.45, 2.75) is 25.7 Å². The van der Waals surface area contributed by atoms with Gasteiger partial charge in [-0.1, -0.05) is 48.5 Å². The maximum absolute atomic E-state index is 13.0. The molecule has 0 fully saturated rings. The summed E-state index contributed by atoms with van der Waals surface area (Å²) in [7, 11) is 1.39. The van der Waals surface area contributed by atoms with E-state index < -0.39 is 0 Å². The molecular weight excluding hydrogens is 339 g/mol. The van der Waals surface area contributed by atoms with Crippen LogP contribution in [0.25, 0.3) is 0 Å². The molecule has 0 aliphatic rings. The van der Waals surface area contributed by atoms with Gasteiger partial charge in [-0.05, 0) is 72.2 Å². The van der Waals surface area contributed by atoms with E-state index in [1.54, 1.807) is 0 Å². The number of benzene rings is 3. The van der Waals surface area contributed by atoms with E-state index in [-0.39, 0.29) is 11.8 Å². The van der Waals surface area contributed by atoms with E-state index in [2.05, 4.69) is 24.3 Å². The summed E-state index contributed by atoms with van der Waals surface area (Å²) in [4.78, 5) is 11.5. The summed E-state index contributed by atoms with van der Waals surface area (Å²) in [6, 6.07) is 22.8. The minimum atomic E-state index is -0.312. The molecule has 138 valence electrons. The fraction of sp³-hybridized carbons (Fsp3) is 0.208. The van der Waals surface area contributed by atoms with E-state index in [0.29, 0.717) is 5.56 Å². The van der Waals surface area contributed by atoms with Gasteiger partial charge in [-0.2, -0.15) is 0 Å². The second kappa shape index (κ2) is 9.13. The van der Waals surface area contributed by atoms with E-state index in [4.69, 9.17) is 4.74 Å². The maximum atomic E-state index is 13.0. The van der Waals surface area contributed by atoms with Crippen molar-refractivity contribution in [1.82, 2.24) is 0 Å². The Labute approximate surface area is 159 Å². The zero-order valence-electron chi connectivity index (χ0n) is 15.5. The molecule has 3 rings (SSSR count). The number of aryl methyl sites for hydroxylation is 4. The number of methoxy groups -OCH3 is 1. The summed E-state index contributed by atoms with van der Waals surface area (Å²) >= 11 is 0. The summed E-state index contributed by atoms with van der Waals surface area (Å²) in [5.74, 6) is -0.509. The molecule has 0 N–H and O–H groups in total. The predicted octanol–water partition coefficient (Wildman–Crippen LogP) is 5.18. The number of hydrogen-bond donors (Lipinski definition) is 0. The molecule has 0 aliphatic heterocycles. The van der Waals surface area contributed by atoms with E-state index in [1.165, 1.54) is 35.9 Å². The third-order valence-corrected chi connectivity index (χ3v) is 4.77. The molecule has 0 saturated heterocycles. The molecule has 0 atom stereocenters. The highest BCUT2D eigenvalue weighted by Crippen LogP contribution is 2.16. The predicted molar refractivity (Wildman–Crippen MR) is 105 cm³/mol. The van der Waals surface area contributed by atoms with Crippen molar-refractivity contribution < 1.29 is 13.9 Å². The molecule has 0 spiro atoms. The van der Waals surface area contributed by atoms with Crippen molar-refractivity contribution in [3.8, 4) is 0 Å². The number of halogens is 1. The van der Waals surface area contributed by atoms with Crippen LogP contribution in [0.2, 0.25) is 0 Å².